The molecule has 0 bridgehead atoms. The fraction of sp³-hybridized carbons (Fsp3) is 0.400. The molecule has 0 spiro atoms. The number of thiophene rings is 1. The van der Waals surface area contributed by atoms with Gasteiger partial charge in [-0.3, -0.25) is 4.79 Å². The molecule has 1 saturated heterocycles. The van der Waals surface area contributed by atoms with Crippen LogP contribution in [0.3, 0.4) is 0 Å². The minimum Gasteiger partial charge on any atom is -0.388 e. The van der Waals surface area contributed by atoms with Gasteiger partial charge < -0.3 is 10.0 Å². The second kappa shape index (κ2) is 4.82. The largest absolute Gasteiger partial charge is 0.388 e. The molecule has 1 aliphatic rings. The lowest BCUT2D eigenvalue weighted by Crippen LogP contribution is -2.48. The predicted octanol–water partition coefficient (Wildman–Crippen LogP) is 3.03. The molecule has 20 heavy (non-hydrogen) atoms. The second-order valence-electron chi connectivity index (χ2n) is 5.62. The Balaban J connectivity index is 1.88. The molecular formula is C15H16FNO2S. The van der Waals surface area contributed by atoms with Crippen molar-refractivity contribution in [2.45, 2.75) is 25.4 Å². The SMILES string of the molecule is CC1(O)CCCN(C(=O)c2cc3ccc(F)cc3s2)C1. The van der Waals surface area contributed by atoms with E-state index >= 15 is 0 Å². The Morgan fingerprint density at radius 3 is 3.00 bits per heavy atom. The Morgan fingerprint density at radius 2 is 2.25 bits per heavy atom. The summed E-state index contributed by atoms with van der Waals surface area (Å²) in [4.78, 5) is 14.8. The lowest BCUT2D eigenvalue weighted by atomic mass is 9.95. The van der Waals surface area contributed by atoms with Crippen LogP contribution in [0.5, 0.6) is 0 Å². The lowest BCUT2D eigenvalue weighted by Gasteiger charge is -2.36. The van der Waals surface area contributed by atoms with E-state index in [1.165, 1.54) is 23.5 Å². The van der Waals surface area contributed by atoms with Gasteiger partial charge in [0.1, 0.15) is 5.82 Å². The number of hydrogen-bond acceptors (Lipinski definition) is 3. The van der Waals surface area contributed by atoms with Gasteiger partial charge in [0.15, 0.2) is 0 Å². The zero-order valence-electron chi connectivity index (χ0n) is 11.2. The van der Waals surface area contributed by atoms with Gasteiger partial charge in [-0.1, -0.05) is 6.07 Å². The number of rotatable bonds is 1. The molecule has 1 atom stereocenters. The molecular weight excluding hydrogens is 277 g/mol. The summed E-state index contributed by atoms with van der Waals surface area (Å²) in [6, 6.07) is 6.33. The van der Waals surface area contributed by atoms with E-state index in [9.17, 15) is 14.3 Å². The molecule has 0 aliphatic carbocycles. The number of benzene rings is 1. The topological polar surface area (TPSA) is 40.5 Å². The summed E-state index contributed by atoms with van der Waals surface area (Å²) >= 11 is 1.30. The Hall–Kier alpha value is -1.46. The molecule has 106 valence electrons. The molecule has 5 heteroatoms. The first-order chi connectivity index (χ1) is 9.44. The van der Waals surface area contributed by atoms with Crippen molar-refractivity contribution in [2.75, 3.05) is 13.1 Å². The normalized spacial score (nSPS) is 23.2. The highest BCUT2D eigenvalue weighted by atomic mass is 32.1. The number of hydrogen-bond donors (Lipinski definition) is 1. The zero-order chi connectivity index (χ0) is 14.3. The van der Waals surface area contributed by atoms with Crippen LogP contribution >= 0.6 is 11.3 Å². The van der Waals surface area contributed by atoms with Gasteiger partial charge in [-0.25, -0.2) is 4.39 Å². The van der Waals surface area contributed by atoms with Gasteiger partial charge in [-0.05, 0) is 43.4 Å². The Labute approximate surface area is 120 Å². The Kier molecular flexibility index (Phi) is 3.26. The van der Waals surface area contributed by atoms with Gasteiger partial charge in [-0.15, -0.1) is 11.3 Å². The summed E-state index contributed by atoms with van der Waals surface area (Å²) in [6.45, 7) is 2.78. The van der Waals surface area contributed by atoms with Crippen molar-refractivity contribution in [3.05, 3.63) is 35.0 Å². The lowest BCUT2D eigenvalue weighted by molar-refractivity contribution is -0.0105. The van der Waals surface area contributed by atoms with Crippen LogP contribution in [0, 0.1) is 5.82 Å². The van der Waals surface area contributed by atoms with Crippen molar-refractivity contribution >= 4 is 27.3 Å². The highest BCUT2D eigenvalue weighted by Crippen LogP contribution is 2.29. The zero-order valence-corrected chi connectivity index (χ0v) is 12.0. The van der Waals surface area contributed by atoms with Crippen molar-refractivity contribution in [3.8, 4) is 0 Å². The quantitative estimate of drug-likeness (QED) is 0.878. The molecule has 1 unspecified atom stereocenters. The summed E-state index contributed by atoms with van der Waals surface area (Å²) in [5.74, 6) is -0.370. The van der Waals surface area contributed by atoms with Crippen LogP contribution in [0.25, 0.3) is 10.1 Å². The molecule has 1 fully saturated rings. The maximum atomic E-state index is 13.2. The molecule has 1 amide bonds. The van der Waals surface area contributed by atoms with Crippen molar-refractivity contribution in [2.24, 2.45) is 0 Å². The average molecular weight is 293 g/mol. The first-order valence-corrected chi connectivity index (χ1v) is 7.47. The standard InChI is InChI=1S/C15H16FNO2S/c1-15(19)5-2-6-17(9-15)14(18)13-7-10-3-4-11(16)8-12(10)20-13/h3-4,7-8,19H,2,5-6,9H2,1H3. The van der Waals surface area contributed by atoms with E-state index < -0.39 is 5.60 Å². The van der Waals surface area contributed by atoms with Crippen LogP contribution in [0.2, 0.25) is 0 Å². The number of likely N-dealkylation sites (tertiary alicyclic amines) is 1. The van der Waals surface area contributed by atoms with Crippen LogP contribution in [-0.2, 0) is 0 Å². The first-order valence-electron chi connectivity index (χ1n) is 6.65. The third-order valence-electron chi connectivity index (χ3n) is 3.65. The number of nitrogens with zero attached hydrogens (tertiary/aromatic N) is 1. The monoisotopic (exact) mass is 293 g/mol. The van der Waals surface area contributed by atoms with E-state index in [0.29, 0.717) is 24.4 Å². The molecule has 2 heterocycles. The van der Waals surface area contributed by atoms with Crippen molar-refractivity contribution < 1.29 is 14.3 Å². The second-order valence-corrected chi connectivity index (χ2v) is 6.70. The third kappa shape index (κ3) is 2.55. The summed E-state index contributed by atoms with van der Waals surface area (Å²) in [5, 5.41) is 11.0. The minimum atomic E-state index is -0.809. The molecule has 1 aromatic heterocycles. The maximum Gasteiger partial charge on any atom is 0.264 e. The number of carbonyl (C=O) groups excluding carboxylic acids is 1. The molecule has 3 rings (SSSR count). The first kappa shape index (κ1) is 13.5. The third-order valence-corrected chi connectivity index (χ3v) is 4.74. The van der Waals surface area contributed by atoms with Gasteiger partial charge in [-0.2, -0.15) is 0 Å². The molecule has 0 radical (unpaired) electrons. The van der Waals surface area contributed by atoms with Crippen LogP contribution < -0.4 is 0 Å². The number of fused-ring (bicyclic) bond motifs is 1. The number of amides is 1. The molecule has 1 aliphatic heterocycles. The van der Waals surface area contributed by atoms with E-state index in [1.54, 1.807) is 24.0 Å². The van der Waals surface area contributed by atoms with Gasteiger partial charge in [0.25, 0.3) is 5.91 Å². The molecule has 1 N–H and O–H groups in total. The number of β-amino-alcohol motifs (C(OH)–C–C–N with tert-alkyl or cyclic N) is 1. The summed E-state index contributed by atoms with van der Waals surface area (Å²) in [5.41, 5.74) is -0.809. The van der Waals surface area contributed by atoms with E-state index in [4.69, 9.17) is 0 Å². The molecule has 3 nitrogen and oxygen atoms in total. The van der Waals surface area contributed by atoms with E-state index in [2.05, 4.69) is 0 Å². The van der Waals surface area contributed by atoms with Crippen molar-refractivity contribution in [1.29, 1.82) is 0 Å². The maximum absolute atomic E-state index is 13.2. The predicted molar refractivity (Wildman–Crippen MR) is 77.5 cm³/mol. The average Bonchev–Trinajstić information content (AvgIpc) is 2.79. The summed E-state index contributed by atoms with van der Waals surface area (Å²) in [6.07, 6.45) is 1.52. The van der Waals surface area contributed by atoms with Crippen molar-refractivity contribution in [3.63, 3.8) is 0 Å². The van der Waals surface area contributed by atoms with Gasteiger partial charge >= 0.3 is 0 Å². The van der Waals surface area contributed by atoms with Gasteiger partial charge in [0, 0.05) is 17.8 Å². The van der Waals surface area contributed by atoms with Crippen LogP contribution in [-0.4, -0.2) is 34.6 Å². The summed E-state index contributed by atoms with van der Waals surface area (Å²) < 4.78 is 14.0. The molecule has 2 aromatic rings. The van der Waals surface area contributed by atoms with E-state index in [0.717, 1.165) is 16.5 Å². The highest BCUT2D eigenvalue weighted by Gasteiger charge is 2.31. The van der Waals surface area contributed by atoms with Gasteiger partial charge in [0.2, 0.25) is 0 Å². The Morgan fingerprint density at radius 1 is 1.45 bits per heavy atom. The highest BCUT2D eigenvalue weighted by molar-refractivity contribution is 7.20. The van der Waals surface area contributed by atoms with Crippen LogP contribution in [0.1, 0.15) is 29.4 Å². The number of piperidine rings is 1. The number of carbonyl (C=O) groups is 1. The number of halogens is 1. The van der Waals surface area contributed by atoms with Crippen LogP contribution in [0.4, 0.5) is 4.39 Å². The number of aliphatic hydroxyl groups is 1. The smallest absolute Gasteiger partial charge is 0.264 e. The van der Waals surface area contributed by atoms with E-state index in [-0.39, 0.29) is 11.7 Å². The summed E-state index contributed by atoms with van der Waals surface area (Å²) in [7, 11) is 0. The minimum absolute atomic E-state index is 0.0772. The van der Waals surface area contributed by atoms with E-state index in [1.807, 2.05) is 0 Å². The fourth-order valence-electron chi connectivity index (χ4n) is 2.66. The molecule has 0 saturated carbocycles. The van der Waals surface area contributed by atoms with Gasteiger partial charge in [0.05, 0.1) is 10.5 Å². The van der Waals surface area contributed by atoms with Crippen LogP contribution in [0.15, 0.2) is 24.3 Å². The van der Waals surface area contributed by atoms with Crippen molar-refractivity contribution in [1.82, 2.24) is 4.90 Å². The Bertz CT molecular complexity index is 665. The molecule has 1 aromatic carbocycles. The fourth-order valence-corrected chi connectivity index (χ4v) is 3.72.